The molecule has 172 valence electrons. The maximum Gasteiger partial charge on any atom is 0.336 e. The van der Waals surface area contributed by atoms with E-state index < -0.39 is 5.97 Å². The molecule has 32 heavy (non-hydrogen) atoms. The van der Waals surface area contributed by atoms with E-state index in [-0.39, 0.29) is 5.97 Å². The molecule has 0 atom stereocenters. The second-order valence-electron chi connectivity index (χ2n) is 7.64. The van der Waals surface area contributed by atoms with Crippen molar-refractivity contribution in [2.75, 3.05) is 6.61 Å². The first-order chi connectivity index (χ1) is 15.6. The van der Waals surface area contributed by atoms with Gasteiger partial charge in [0.1, 0.15) is 17.2 Å². The van der Waals surface area contributed by atoms with Gasteiger partial charge in [-0.05, 0) is 60.9 Å². The number of hydrogen-bond donors (Lipinski definition) is 0. The highest BCUT2D eigenvalue weighted by molar-refractivity contribution is 5.88. The molecule has 0 fully saturated rings. The van der Waals surface area contributed by atoms with Crippen LogP contribution >= 0.6 is 0 Å². The van der Waals surface area contributed by atoms with Gasteiger partial charge in [0.05, 0.1) is 6.61 Å². The average Bonchev–Trinajstić information content (AvgIpc) is 2.80. The Labute approximate surface area is 191 Å². The van der Waals surface area contributed by atoms with Crippen LogP contribution in [-0.4, -0.2) is 18.5 Å². The van der Waals surface area contributed by atoms with Crippen LogP contribution < -0.4 is 14.2 Å². The maximum absolute atomic E-state index is 12.1. The zero-order valence-corrected chi connectivity index (χ0v) is 19.2. The summed E-state index contributed by atoms with van der Waals surface area (Å²) in [6.07, 6.45) is 11.3. The van der Waals surface area contributed by atoms with Gasteiger partial charge >= 0.3 is 11.9 Å². The number of hydrogen-bond acceptors (Lipinski definition) is 5. The molecule has 0 aromatic heterocycles. The molecule has 0 N–H and O–H groups in total. The van der Waals surface area contributed by atoms with Crippen LogP contribution in [0.25, 0.3) is 6.08 Å². The molecule has 0 heterocycles. The third-order valence-corrected chi connectivity index (χ3v) is 4.82. The van der Waals surface area contributed by atoms with E-state index in [1.54, 1.807) is 30.3 Å². The van der Waals surface area contributed by atoms with Crippen molar-refractivity contribution in [1.29, 1.82) is 0 Å². The van der Waals surface area contributed by atoms with E-state index >= 15 is 0 Å². The van der Waals surface area contributed by atoms with Gasteiger partial charge in [-0.25, -0.2) is 4.79 Å². The van der Waals surface area contributed by atoms with Crippen LogP contribution in [0.15, 0.2) is 54.6 Å². The monoisotopic (exact) mass is 438 g/mol. The van der Waals surface area contributed by atoms with Crippen molar-refractivity contribution in [3.63, 3.8) is 0 Å². The molecule has 0 radical (unpaired) electrons. The molecule has 0 unspecified atom stereocenters. The molecule has 2 aromatic rings. The number of carbonyl (C=O) groups is 2. The van der Waals surface area contributed by atoms with Gasteiger partial charge in [-0.2, -0.15) is 0 Å². The normalized spacial score (nSPS) is 10.8. The highest BCUT2D eigenvalue weighted by Gasteiger charge is 2.06. The van der Waals surface area contributed by atoms with Crippen molar-refractivity contribution in [2.24, 2.45) is 0 Å². The second kappa shape index (κ2) is 14.8. The zero-order chi connectivity index (χ0) is 23.0. The van der Waals surface area contributed by atoms with Crippen molar-refractivity contribution < 1.29 is 23.8 Å². The standard InChI is InChI=1S/C27H34O5/c1-3-5-7-8-9-21-30-23-14-11-22(12-15-23)13-20-27(29)32-25-18-16-24(17-19-25)31-26(28)10-6-4-2/h11-20H,3-10,21H2,1-2H3. The number of ether oxygens (including phenoxy) is 3. The van der Waals surface area contributed by atoms with Crippen LogP contribution in [0.1, 0.15) is 70.8 Å². The molecule has 0 aliphatic rings. The van der Waals surface area contributed by atoms with Gasteiger partial charge in [0.25, 0.3) is 0 Å². The predicted molar refractivity (Wildman–Crippen MR) is 127 cm³/mol. The summed E-state index contributed by atoms with van der Waals surface area (Å²) in [5.74, 6) is 0.907. The van der Waals surface area contributed by atoms with Gasteiger partial charge in [0.2, 0.25) is 0 Å². The van der Waals surface area contributed by atoms with Gasteiger partial charge in [-0.15, -0.1) is 0 Å². The van der Waals surface area contributed by atoms with Gasteiger partial charge in [0.15, 0.2) is 0 Å². The van der Waals surface area contributed by atoms with Crippen LogP contribution in [0.3, 0.4) is 0 Å². The molecule has 2 rings (SSSR count). The number of rotatable bonds is 14. The second-order valence-corrected chi connectivity index (χ2v) is 7.64. The van der Waals surface area contributed by atoms with Crippen LogP contribution in [0.2, 0.25) is 0 Å². The van der Waals surface area contributed by atoms with Crippen LogP contribution in [0.4, 0.5) is 0 Å². The summed E-state index contributed by atoms with van der Waals surface area (Å²) >= 11 is 0. The first kappa shape index (κ1) is 25.2. The Hall–Kier alpha value is -3.08. The highest BCUT2D eigenvalue weighted by Crippen LogP contribution is 2.19. The molecule has 0 saturated carbocycles. The lowest BCUT2D eigenvalue weighted by Crippen LogP contribution is -2.07. The van der Waals surface area contributed by atoms with Crippen molar-refractivity contribution in [3.05, 3.63) is 60.2 Å². The molecule has 5 heteroatoms. The number of carbonyl (C=O) groups excluding carboxylic acids is 2. The fourth-order valence-corrected chi connectivity index (χ4v) is 2.96. The van der Waals surface area contributed by atoms with Crippen molar-refractivity contribution in [2.45, 2.75) is 65.2 Å². The number of esters is 2. The van der Waals surface area contributed by atoms with Crippen molar-refractivity contribution >= 4 is 18.0 Å². The van der Waals surface area contributed by atoms with E-state index in [2.05, 4.69) is 6.92 Å². The molecule has 0 aliphatic carbocycles. The van der Waals surface area contributed by atoms with Gasteiger partial charge in [-0.3, -0.25) is 4.79 Å². The summed E-state index contributed by atoms with van der Waals surface area (Å²) in [7, 11) is 0. The summed E-state index contributed by atoms with van der Waals surface area (Å²) in [4.78, 5) is 23.7. The molecular formula is C27H34O5. The molecule has 2 aromatic carbocycles. The molecule has 0 spiro atoms. The smallest absolute Gasteiger partial charge is 0.336 e. The van der Waals surface area contributed by atoms with Gasteiger partial charge in [0, 0.05) is 12.5 Å². The van der Waals surface area contributed by atoms with Crippen LogP contribution in [0.5, 0.6) is 17.2 Å². The topological polar surface area (TPSA) is 61.8 Å². The van der Waals surface area contributed by atoms with Gasteiger partial charge < -0.3 is 14.2 Å². The summed E-state index contributed by atoms with van der Waals surface area (Å²) in [5.41, 5.74) is 0.881. The van der Waals surface area contributed by atoms with Crippen LogP contribution in [-0.2, 0) is 9.59 Å². The molecule has 0 aliphatic heterocycles. The summed E-state index contributed by atoms with van der Waals surface area (Å²) in [6, 6.07) is 14.0. The average molecular weight is 439 g/mol. The Bertz CT molecular complexity index is 837. The van der Waals surface area contributed by atoms with E-state index in [1.807, 2.05) is 31.2 Å². The minimum Gasteiger partial charge on any atom is -0.494 e. The largest absolute Gasteiger partial charge is 0.494 e. The van der Waals surface area contributed by atoms with Crippen molar-refractivity contribution in [3.8, 4) is 17.2 Å². The molecule has 0 bridgehead atoms. The third kappa shape index (κ3) is 10.3. The number of unbranched alkanes of at least 4 members (excludes halogenated alkanes) is 5. The quantitative estimate of drug-likeness (QED) is 0.141. The summed E-state index contributed by atoms with van der Waals surface area (Å²) < 4.78 is 16.3. The minimum absolute atomic E-state index is 0.261. The molecular weight excluding hydrogens is 404 g/mol. The van der Waals surface area contributed by atoms with E-state index in [1.165, 1.54) is 31.8 Å². The fourth-order valence-electron chi connectivity index (χ4n) is 2.96. The molecule has 5 nitrogen and oxygen atoms in total. The van der Waals surface area contributed by atoms with E-state index in [9.17, 15) is 9.59 Å². The first-order valence-corrected chi connectivity index (χ1v) is 11.5. The van der Waals surface area contributed by atoms with Crippen LogP contribution in [0, 0.1) is 0 Å². The lowest BCUT2D eigenvalue weighted by Gasteiger charge is -2.06. The minimum atomic E-state index is -0.481. The zero-order valence-electron chi connectivity index (χ0n) is 19.2. The van der Waals surface area contributed by atoms with Crippen molar-refractivity contribution in [1.82, 2.24) is 0 Å². The van der Waals surface area contributed by atoms with E-state index in [4.69, 9.17) is 14.2 Å². The Morgan fingerprint density at radius 2 is 1.31 bits per heavy atom. The van der Waals surface area contributed by atoms with E-state index in [0.717, 1.165) is 37.2 Å². The Morgan fingerprint density at radius 1 is 0.719 bits per heavy atom. The van der Waals surface area contributed by atoms with E-state index in [0.29, 0.717) is 17.9 Å². The first-order valence-electron chi connectivity index (χ1n) is 11.5. The predicted octanol–water partition coefficient (Wildman–Crippen LogP) is 6.75. The lowest BCUT2D eigenvalue weighted by atomic mass is 10.2. The Kier molecular flexibility index (Phi) is 11.7. The third-order valence-electron chi connectivity index (χ3n) is 4.82. The molecule has 0 amide bonds. The summed E-state index contributed by atoms with van der Waals surface area (Å²) in [5, 5.41) is 0. The Morgan fingerprint density at radius 3 is 1.97 bits per heavy atom. The van der Waals surface area contributed by atoms with Gasteiger partial charge in [-0.1, -0.05) is 58.1 Å². The maximum atomic E-state index is 12.1. The Balaban J connectivity index is 1.74. The fraction of sp³-hybridized carbons (Fsp3) is 0.407. The molecule has 0 saturated heterocycles. The number of benzene rings is 2. The lowest BCUT2D eigenvalue weighted by molar-refractivity contribution is -0.134. The SMILES string of the molecule is CCCCCCCOc1ccc(C=CC(=O)Oc2ccc(OC(=O)CCCC)cc2)cc1. The highest BCUT2D eigenvalue weighted by atomic mass is 16.5. The summed E-state index contributed by atoms with van der Waals surface area (Å²) in [6.45, 7) is 4.95.